The van der Waals surface area contributed by atoms with Gasteiger partial charge in [0.15, 0.2) is 0 Å². The number of carbonyl (C=O) groups excluding carboxylic acids is 1. The molecular weight excluding hydrogens is 419 g/mol. The zero-order valence-corrected chi connectivity index (χ0v) is 17.4. The third-order valence-electron chi connectivity index (χ3n) is 4.97. The van der Waals surface area contributed by atoms with Crippen LogP contribution in [0.2, 0.25) is 10.0 Å². The van der Waals surface area contributed by atoms with Gasteiger partial charge in [0.1, 0.15) is 11.3 Å². The molecule has 5 nitrogen and oxygen atoms in total. The molecule has 7 heteroatoms. The zero-order valence-electron chi connectivity index (χ0n) is 15.8. The number of benzene rings is 3. The molecule has 1 aliphatic rings. The third kappa shape index (κ3) is 3.95. The Morgan fingerprint density at radius 2 is 1.50 bits per heavy atom. The first kappa shape index (κ1) is 20.1. The molecule has 1 heterocycles. The molecule has 3 aromatic rings. The summed E-state index contributed by atoms with van der Waals surface area (Å²) in [4.78, 5) is 12.7. The molecule has 1 amide bonds. The normalized spacial score (nSPS) is 14.9. The topological polar surface area (TPSA) is 65.8 Å². The molecule has 1 aliphatic heterocycles. The Hall–Kier alpha value is -3.15. The largest absolute Gasteiger partial charge is 0.294 e. The highest BCUT2D eigenvalue weighted by Gasteiger charge is 2.41. The number of hydrazone groups is 2. The average Bonchev–Trinajstić information content (AvgIpc) is 3.24. The average molecular weight is 437 g/mol. The summed E-state index contributed by atoms with van der Waals surface area (Å²) in [6, 6.07) is 25.0. The van der Waals surface area contributed by atoms with Crippen molar-refractivity contribution < 1.29 is 4.79 Å². The van der Waals surface area contributed by atoms with E-state index in [1.807, 2.05) is 60.7 Å². The number of amides is 1. The Labute approximate surface area is 184 Å². The zero-order chi connectivity index (χ0) is 21.0. The van der Waals surface area contributed by atoms with Crippen LogP contribution in [0.25, 0.3) is 0 Å². The van der Waals surface area contributed by atoms with E-state index >= 15 is 0 Å². The molecule has 0 unspecified atom stereocenters. The lowest BCUT2D eigenvalue weighted by molar-refractivity contribution is -0.114. The van der Waals surface area contributed by atoms with Gasteiger partial charge in [0.05, 0.1) is 16.3 Å². The summed E-state index contributed by atoms with van der Waals surface area (Å²) in [5, 5.41) is 9.23. The van der Waals surface area contributed by atoms with Crippen molar-refractivity contribution in [1.82, 2.24) is 10.9 Å². The Bertz CT molecular complexity index is 1050. The molecule has 0 aliphatic carbocycles. The van der Waals surface area contributed by atoms with Crippen LogP contribution in [0.4, 0.5) is 0 Å². The lowest BCUT2D eigenvalue weighted by Gasteiger charge is -2.30. The van der Waals surface area contributed by atoms with Gasteiger partial charge in [0.25, 0.3) is 5.91 Å². The van der Waals surface area contributed by atoms with Crippen molar-refractivity contribution in [3.05, 3.63) is 106 Å². The van der Waals surface area contributed by atoms with Crippen LogP contribution in [0, 0.1) is 0 Å². The van der Waals surface area contributed by atoms with Crippen molar-refractivity contribution in [3.8, 4) is 0 Å². The summed E-state index contributed by atoms with van der Waals surface area (Å²) >= 11 is 12.2. The Morgan fingerprint density at radius 1 is 0.933 bits per heavy atom. The highest BCUT2D eigenvalue weighted by atomic mass is 35.5. The van der Waals surface area contributed by atoms with E-state index in [-0.39, 0.29) is 0 Å². The van der Waals surface area contributed by atoms with Crippen LogP contribution in [-0.4, -0.2) is 17.8 Å². The van der Waals surface area contributed by atoms with Gasteiger partial charge in [-0.3, -0.25) is 10.2 Å². The number of nitrogens with one attached hydrogen (secondary N) is 2. The number of hydrogen-bond donors (Lipinski definition) is 2. The third-order valence-corrected chi connectivity index (χ3v) is 5.63. The van der Waals surface area contributed by atoms with E-state index in [0.29, 0.717) is 27.7 Å². The van der Waals surface area contributed by atoms with Crippen LogP contribution in [0.3, 0.4) is 0 Å². The molecule has 30 heavy (non-hydrogen) atoms. The summed E-state index contributed by atoms with van der Waals surface area (Å²) in [5.41, 5.74) is 8.02. The van der Waals surface area contributed by atoms with Gasteiger partial charge in [0, 0.05) is 12.0 Å². The molecule has 0 saturated heterocycles. The second-order valence-corrected chi connectivity index (χ2v) is 7.63. The highest BCUT2D eigenvalue weighted by molar-refractivity contribution is 6.40. The fourth-order valence-corrected chi connectivity index (χ4v) is 3.92. The first-order chi connectivity index (χ1) is 14.6. The molecule has 0 saturated carbocycles. The second kappa shape index (κ2) is 8.69. The summed E-state index contributed by atoms with van der Waals surface area (Å²) in [5.74, 6) is -0.393. The maximum atomic E-state index is 12.7. The number of rotatable bonds is 5. The SMILES string of the molecule is O=C(N/N=C/c1c(Cl)cccc1Cl)C1=NNC(c2ccccc2)(c2ccccc2)C1. The maximum absolute atomic E-state index is 12.7. The summed E-state index contributed by atoms with van der Waals surface area (Å²) < 4.78 is 0. The monoisotopic (exact) mass is 436 g/mol. The van der Waals surface area contributed by atoms with Gasteiger partial charge in [-0.25, -0.2) is 5.43 Å². The van der Waals surface area contributed by atoms with Gasteiger partial charge >= 0.3 is 0 Å². The lowest BCUT2D eigenvalue weighted by Crippen LogP contribution is -2.38. The van der Waals surface area contributed by atoms with Gasteiger partial charge in [-0.1, -0.05) is 89.9 Å². The first-order valence-corrected chi connectivity index (χ1v) is 10.1. The second-order valence-electron chi connectivity index (χ2n) is 6.82. The fraction of sp³-hybridized carbons (Fsp3) is 0.0870. The van der Waals surface area contributed by atoms with Crippen molar-refractivity contribution in [2.75, 3.05) is 0 Å². The minimum atomic E-state index is -0.620. The van der Waals surface area contributed by atoms with Gasteiger partial charge in [-0.15, -0.1) is 0 Å². The Balaban J connectivity index is 1.54. The smallest absolute Gasteiger partial charge is 0.287 e. The Morgan fingerprint density at radius 3 is 2.07 bits per heavy atom. The number of carbonyl (C=O) groups is 1. The van der Waals surface area contributed by atoms with Crippen molar-refractivity contribution >= 4 is 41.0 Å². The highest BCUT2D eigenvalue weighted by Crippen LogP contribution is 2.36. The summed E-state index contributed by atoms with van der Waals surface area (Å²) in [6.07, 6.45) is 1.81. The predicted molar refractivity (Wildman–Crippen MR) is 121 cm³/mol. The van der Waals surface area contributed by atoms with Gasteiger partial charge in [-0.05, 0) is 23.3 Å². The predicted octanol–water partition coefficient (Wildman–Crippen LogP) is 4.74. The molecule has 0 atom stereocenters. The standard InChI is InChI=1S/C23H18Cl2N4O/c24-19-12-7-13-20(25)18(19)15-26-28-22(30)21-14-23(29-27-21,16-8-3-1-4-9-16)17-10-5-2-6-11-17/h1-13,15,29H,14H2,(H,28,30)/b26-15+. The maximum Gasteiger partial charge on any atom is 0.287 e. The van der Waals surface area contributed by atoms with Crippen molar-refractivity contribution in [2.24, 2.45) is 10.2 Å². The van der Waals surface area contributed by atoms with Gasteiger partial charge < -0.3 is 0 Å². The van der Waals surface area contributed by atoms with E-state index in [1.165, 1.54) is 6.21 Å². The molecule has 0 fully saturated rings. The van der Waals surface area contributed by atoms with Crippen LogP contribution in [-0.2, 0) is 10.3 Å². The van der Waals surface area contributed by atoms with E-state index in [0.717, 1.165) is 11.1 Å². The molecule has 3 aromatic carbocycles. The number of nitrogens with zero attached hydrogens (tertiary/aromatic N) is 2. The van der Waals surface area contributed by atoms with Crippen LogP contribution in [0.5, 0.6) is 0 Å². The van der Waals surface area contributed by atoms with Crippen LogP contribution >= 0.6 is 23.2 Å². The van der Waals surface area contributed by atoms with E-state index in [4.69, 9.17) is 23.2 Å². The number of hydrogen-bond acceptors (Lipinski definition) is 4. The molecule has 2 N–H and O–H groups in total. The van der Waals surface area contributed by atoms with Crippen LogP contribution in [0.1, 0.15) is 23.1 Å². The minimum Gasteiger partial charge on any atom is -0.294 e. The first-order valence-electron chi connectivity index (χ1n) is 9.32. The summed E-state index contributed by atoms with van der Waals surface area (Å²) in [7, 11) is 0. The lowest BCUT2D eigenvalue weighted by atomic mass is 9.80. The molecule has 0 bridgehead atoms. The quantitative estimate of drug-likeness (QED) is 0.448. The van der Waals surface area contributed by atoms with Crippen molar-refractivity contribution in [1.29, 1.82) is 0 Å². The van der Waals surface area contributed by atoms with Crippen LogP contribution < -0.4 is 10.9 Å². The molecule has 4 rings (SSSR count). The van der Waals surface area contributed by atoms with Crippen LogP contribution in [0.15, 0.2) is 89.1 Å². The fourth-order valence-electron chi connectivity index (χ4n) is 3.42. The van der Waals surface area contributed by atoms with E-state index < -0.39 is 11.4 Å². The van der Waals surface area contributed by atoms with E-state index in [2.05, 4.69) is 21.1 Å². The minimum absolute atomic E-state index is 0.352. The van der Waals surface area contributed by atoms with E-state index in [1.54, 1.807) is 18.2 Å². The number of halogens is 2. The van der Waals surface area contributed by atoms with E-state index in [9.17, 15) is 4.79 Å². The molecule has 0 aromatic heterocycles. The summed E-state index contributed by atoms with van der Waals surface area (Å²) in [6.45, 7) is 0. The molecule has 0 radical (unpaired) electrons. The van der Waals surface area contributed by atoms with Crippen molar-refractivity contribution in [3.63, 3.8) is 0 Å². The molecule has 0 spiro atoms. The van der Waals surface area contributed by atoms with Gasteiger partial charge in [0.2, 0.25) is 0 Å². The Kier molecular flexibility index (Phi) is 5.84. The molecule has 150 valence electrons. The molecular formula is C23H18Cl2N4O. The van der Waals surface area contributed by atoms with Gasteiger partial charge in [-0.2, -0.15) is 10.2 Å². The van der Waals surface area contributed by atoms with Crippen molar-refractivity contribution in [2.45, 2.75) is 12.0 Å².